The summed E-state index contributed by atoms with van der Waals surface area (Å²) in [6, 6.07) is 9.13. The quantitative estimate of drug-likeness (QED) is 0.858. The maximum Gasteiger partial charge on any atom is 0.195 e. The first-order chi connectivity index (χ1) is 12.6. The Kier molecular flexibility index (Phi) is 5.51. The molecule has 3 rings (SSSR count). The summed E-state index contributed by atoms with van der Waals surface area (Å²) < 4.78 is 19.3. The van der Waals surface area contributed by atoms with Gasteiger partial charge < -0.3 is 15.0 Å². The van der Waals surface area contributed by atoms with Crippen LogP contribution in [0.5, 0.6) is 5.75 Å². The standard InChI is InChI=1S/C20H23FN4O/c1-14-11-17(9-10-22-14)24-20-23-12-15(13-25(20)2)7-8-16-5-4-6-18(26-3)19(16)21/h4-6,9-13,20H,7-8H2,1-3H3,(H,22,24). The van der Waals surface area contributed by atoms with E-state index in [9.17, 15) is 4.39 Å². The minimum absolute atomic E-state index is 0.172. The third-order valence-corrected chi connectivity index (χ3v) is 4.28. The van der Waals surface area contributed by atoms with E-state index in [1.807, 2.05) is 49.5 Å². The smallest absolute Gasteiger partial charge is 0.195 e. The molecule has 1 aromatic carbocycles. The van der Waals surface area contributed by atoms with Gasteiger partial charge in [0.05, 0.1) is 7.11 Å². The highest BCUT2D eigenvalue weighted by Crippen LogP contribution is 2.23. The molecule has 0 fully saturated rings. The van der Waals surface area contributed by atoms with Crippen molar-refractivity contribution in [1.29, 1.82) is 0 Å². The molecule has 2 heterocycles. The number of allylic oxidation sites excluding steroid dienone is 1. The summed E-state index contributed by atoms with van der Waals surface area (Å²) in [6.45, 7) is 1.95. The monoisotopic (exact) mass is 354 g/mol. The number of benzene rings is 1. The van der Waals surface area contributed by atoms with Crippen molar-refractivity contribution in [3.63, 3.8) is 0 Å². The molecule has 0 radical (unpaired) electrons. The van der Waals surface area contributed by atoms with E-state index < -0.39 is 0 Å². The number of methoxy groups -OCH3 is 1. The predicted octanol–water partition coefficient (Wildman–Crippen LogP) is 3.77. The van der Waals surface area contributed by atoms with Gasteiger partial charge in [-0.2, -0.15) is 0 Å². The first kappa shape index (κ1) is 17.9. The van der Waals surface area contributed by atoms with Gasteiger partial charge in [-0.1, -0.05) is 12.1 Å². The summed E-state index contributed by atoms with van der Waals surface area (Å²) in [5.74, 6) is -0.00730. The van der Waals surface area contributed by atoms with E-state index in [2.05, 4.69) is 15.3 Å². The number of aromatic nitrogens is 1. The van der Waals surface area contributed by atoms with Gasteiger partial charge in [-0.25, -0.2) is 9.38 Å². The molecule has 5 nitrogen and oxygen atoms in total. The zero-order valence-electron chi connectivity index (χ0n) is 15.2. The van der Waals surface area contributed by atoms with E-state index >= 15 is 0 Å². The third kappa shape index (κ3) is 4.20. The maximum atomic E-state index is 14.2. The molecule has 1 atom stereocenters. The molecule has 136 valence electrons. The average Bonchev–Trinajstić information content (AvgIpc) is 2.63. The van der Waals surface area contributed by atoms with Crippen LogP contribution in [0.15, 0.2) is 53.3 Å². The highest BCUT2D eigenvalue weighted by molar-refractivity contribution is 5.79. The normalized spacial score (nSPS) is 16.4. The molecule has 1 aliphatic rings. The van der Waals surface area contributed by atoms with Crippen LogP contribution in [-0.4, -0.2) is 36.5 Å². The van der Waals surface area contributed by atoms with E-state index in [0.29, 0.717) is 18.4 Å². The van der Waals surface area contributed by atoms with Crippen LogP contribution in [0.4, 0.5) is 10.1 Å². The molecular weight excluding hydrogens is 331 g/mol. The van der Waals surface area contributed by atoms with Crippen molar-refractivity contribution in [3.8, 4) is 5.75 Å². The average molecular weight is 354 g/mol. The first-order valence-electron chi connectivity index (χ1n) is 8.53. The zero-order valence-corrected chi connectivity index (χ0v) is 15.2. The number of hydrogen-bond acceptors (Lipinski definition) is 5. The maximum absolute atomic E-state index is 14.2. The first-order valence-corrected chi connectivity index (χ1v) is 8.53. The van der Waals surface area contributed by atoms with Crippen molar-refractivity contribution in [2.24, 2.45) is 4.99 Å². The molecule has 0 saturated heterocycles. The van der Waals surface area contributed by atoms with Gasteiger partial charge >= 0.3 is 0 Å². The lowest BCUT2D eigenvalue weighted by Gasteiger charge is -2.29. The summed E-state index contributed by atoms with van der Waals surface area (Å²) in [5.41, 5.74) is 3.63. The Morgan fingerprint density at radius 1 is 1.27 bits per heavy atom. The second-order valence-corrected chi connectivity index (χ2v) is 6.28. The summed E-state index contributed by atoms with van der Waals surface area (Å²) in [6.07, 6.45) is 6.79. The minimum atomic E-state index is -0.288. The number of aryl methyl sites for hydroxylation is 2. The van der Waals surface area contributed by atoms with Crippen molar-refractivity contribution < 1.29 is 9.13 Å². The predicted molar refractivity (Wildman–Crippen MR) is 102 cm³/mol. The molecule has 1 N–H and O–H groups in total. The van der Waals surface area contributed by atoms with Gasteiger partial charge in [0.2, 0.25) is 0 Å². The van der Waals surface area contributed by atoms with E-state index in [1.165, 1.54) is 7.11 Å². The van der Waals surface area contributed by atoms with Gasteiger partial charge in [0.25, 0.3) is 0 Å². The molecule has 1 aliphatic heterocycles. The lowest BCUT2D eigenvalue weighted by molar-refractivity contribution is 0.365. The molecular formula is C20H23FN4O. The van der Waals surface area contributed by atoms with Crippen LogP contribution in [0.25, 0.3) is 0 Å². The van der Waals surface area contributed by atoms with E-state index in [4.69, 9.17) is 4.74 Å². The number of hydrogen-bond donors (Lipinski definition) is 1. The van der Waals surface area contributed by atoms with Crippen molar-refractivity contribution in [3.05, 3.63) is 65.4 Å². The van der Waals surface area contributed by atoms with Crippen molar-refractivity contribution >= 4 is 11.9 Å². The number of halogens is 1. The van der Waals surface area contributed by atoms with Crippen LogP contribution >= 0.6 is 0 Å². The Labute approximate surface area is 153 Å². The van der Waals surface area contributed by atoms with Crippen LogP contribution in [0, 0.1) is 12.7 Å². The van der Waals surface area contributed by atoms with Crippen molar-refractivity contribution in [2.75, 3.05) is 19.5 Å². The fourth-order valence-corrected chi connectivity index (χ4v) is 2.88. The number of pyridine rings is 1. The Morgan fingerprint density at radius 3 is 2.85 bits per heavy atom. The molecule has 0 bridgehead atoms. The van der Waals surface area contributed by atoms with Gasteiger partial charge in [-0.15, -0.1) is 0 Å². The molecule has 1 unspecified atom stereocenters. The largest absolute Gasteiger partial charge is 0.494 e. The number of nitrogens with zero attached hydrogens (tertiary/aromatic N) is 3. The molecule has 0 aliphatic carbocycles. The van der Waals surface area contributed by atoms with Crippen molar-refractivity contribution in [1.82, 2.24) is 9.88 Å². The Balaban J connectivity index is 1.61. The summed E-state index contributed by atoms with van der Waals surface area (Å²) in [7, 11) is 3.44. The zero-order chi connectivity index (χ0) is 18.5. The fraction of sp³-hybridized carbons (Fsp3) is 0.300. The topological polar surface area (TPSA) is 49.8 Å². The fourth-order valence-electron chi connectivity index (χ4n) is 2.88. The molecule has 0 saturated carbocycles. The molecule has 6 heteroatoms. The summed E-state index contributed by atoms with van der Waals surface area (Å²) in [5, 5.41) is 3.36. The van der Waals surface area contributed by atoms with Gasteiger partial charge in [0.1, 0.15) is 0 Å². The van der Waals surface area contributed by atoms with E-state index in [1.54, 1.807) is 18.3 Å². The highest BCUT2D eigenvalue weighted by Gasteiger charge is 2.15. The number of nitrogens with one attached hydrogen (secondary N) is 1. The lowest BCUT2D eigenvalue weighted by atomic mass is 10.0. The summed E-state index contributed by atoms with van der Waals surface area (Å²) in [4.78, 5) is 10.8. The Bertz CT molecular complexity index is 834. The van der Waals surface area contributed by atoms with Gasteiger partial charge in [0.15, 0.2) is 17.9 Å². The Morgan fingerprint density at radius 2 is 2.12 bits per heavy atom. The molecule has 0 spiro atoms. The van der Waals surface area contributed by atoms with Crippen LogP contribution < -0.4 is 10.1 Å². The molecule has 0 amide bonds. The molecule has 2 aromatic rings. The number of aliphatic imine (C=N–C) groups is 1. The second-order valence-electron chi connectivity index (χ2n) is 6.28. The van der Waals surface area contributed by atoms with Crippen LogP contribution in [0.2, 0.25) is 0 Å². The lowest BCUT2D eigenvalue weighted by Crippen LogP contribution is -2.35. The number of rotatable bonds is 6. The SMILES string of the molecule is COc1cccc(CCC2=CN(C)C(Nc3ccnc(C)c3)N=C2)c1F. The van der Waals surface area contributed by atoms with Gasteiger partial charge in [-0.3, -0.25) is 4.98 Å². The minimum Gasteiger partial charge on any atom is -0.494 e. The van der Waals surface area contributed by atoms with Gasteiger partial charge in [0, 0.05) is 37.0 Å². The Hall–Kier alpha value is -2.89. The van der Waals surface area contributed by atoms with Crippen LogP contribution in [0.3, 0.4) is 0 Å². The van der Waals surface area contributed by atoms with E-state index in [0.717, 1.165) is 17.0 Å². The number of ether oxygens (including phenoxy) is 1. The van der Waals surface area contributed by atoms with Crippen LogP contribution in [-0.2, 0) is 6.42 Å². The van der Waals surface area contributed by atoms with E-state index in [-0.39, 0.29) is 17.9 Å². The summed E-state index contributed by atoms with van der Waals surface area (Å²) >= 11 is 0. The molecule has 1 aromatic heterocycles. The molecule has 26 heavy (non-hydrogen) atoms. The second kappa shape index (κ2) is 7.99. The highest BCUT2D eigenvalue weighted by atomic mass is 19.1. The van der Waals surface area contributed by atoms with Crippen molar-refractivity contribution in [2.45, 2.75) is 26.1 Å². The van der Waals surface area contributed by atoms with Crippen LogP contribution in [0.1, 0.15) is 17.7 Å². The third-order valence-electron chi connectivity index (χ3n) is 4.28. The van der Waals surface area contributed by atoms with Gasteiger partial charge in [-0.05, 0) is 49.1 Å². The number of anilines is 1.